The molecule has 0 N–H and O–H groups in total. The van der Waals surface area contributed by atoms with Crippen molar-refractivity contribution < 1.29 is 53.5 Å². The van der Waals surface area contributed by atoms with Gasteiger partial charge in [0.05, 0.1) is 53.5 Å². The zero-order valence-electron chi connectivity index (χ0n) is 67.4. The third-order valence-corrected chi connectivity index (χ3v) is 8.19. The van der Waals surface area contributed by atoms with Crippen LogP contribution in [0.25, 0.3) is 77.2 Å². The summed E-state index contributed by atoms with van der Waals surface area (Å²) in [6, 6.07) is -45.2. The van der Waals surface area contributed by atoms with E-state index in [-0.39, 0.29) is 4.90 Å². The Hall–Kier alpha value is -7.48. The van der Waals surface area contributed by atoms with E-state index in [2.05, 4.69) is 0 Å². The number of fused-ring (bicyclic) bond motifs is 2. The normalized spacial score (nSPS) is 20.7. The molecule has 0 bridgehead atoms. The van der Waals surface area contributed by atoms with E-state index >= 15 is 0 Å². The highest BCUT2D eigenvalue weighted by Gasteiger charge is 2.16. The van der Waals surface area contributed by atoms with Gasteiger partial charge in [-0.1, -0.05) is 193 Å². The molecular formula is C56H39N. The molecule has 0 fully saturated rings. The van der Waals surface area contributed by atoms with Crippen LogP contribution < -0.4 is 4.90 Å². The van der Waals surface area contributed by atoms with E-state index in [4.69, 9.17) is 32.9 Å². The van der Waals surface area contributed by atoms with E-state index in [1.807, 2.05) is 0 Å². The molecule has 0 amide bonds. The first-order chi connectivity index (χ1) is 44.5. The molecule has 0 heterocycles. The smallest absolute Gasteiger partial charge is 0.0645 e. The highest BCUT2D eigenvalue weighted by atomic mass is 15.1. The van der Waals surface area contributed by atoms with Crippen molar-refractivity contribution in [3.8, 4) is 55.6 Å². The number of anilines is 3. The first-order valence-corrected chi connectivity index (χ1v) is 16.4. The van der Waals surface area contributed by atoms with E-state index in [0.29, 0.717) is 0 Å². The van der Waals surface area contributed by atoms with Gasteiger partial charge in [-0.2, -0.15) is 0 Å². The summed E-state index contributed by atoms with van der Waals surface area (Å²) in [4.78, 5) is 0.159. The fourth-order valence-electron chi connectivity index (χ4n) is 5.65. The molecule has 0 saturated heterocycles. The fourth-order valence-corrected chi connectivity index (χ4v) is 5.65. The summed E-state index contributed by atoms with van der Waals surface area (Å²) in [7, 11) is 0. The van der Waals surface area contributed by atoms with Crippen LogP contribution in [0.5, 0.6) is 0 Å². The molecule has 1 nitrogen and oxygen atoms in total. The van der Waals surface area contributed by atoms with Gasteiger partial charge in [0.25, 0.3) is 0 Å². The zero-order chi connectivity index (χ0) is 71.9. The zero-order valence-corrected chi connectivity index (χ0v) is 28.4. The van der Waals surface area contributed by atoms with Gasteiger partial charge in [-0.3, -0.25) is 0 Å². The third kappa shape index (κ3) is 6.66. The summed E-state index contributed by atoms with van der Waals surface area (Å²) >= 11 is 0. The standard InChI is InChI=1S/C56H39N/c1-3-13-40(14-4-1)41-25-32-49(33-26-41)57(50-34-27-42(28-35-50)47-20-11-21-48(39-47)53-24-12-19-43-17-7-9-22-52(43)53)51-36-29-46(30-37-51)56-54-23-10-8-18-45(54)31-38-55(56)44-15-5-2-6-16-44/h1-39H/i1D,2D,3D,4D,5D,6D,7D,8D,9D,10D,11D,12D,13D,14D,15D,16D,17D,18D,19D,20D,21D,22D,23D,24D,25D,26D,27D,28D,29D,30D,31D,32D,33D,34D,35D,36D,37D,38D,39D. The molecule has 0 unspecified atom stereocenters. The molecule has 0 aromatic heterocycles. The lowest BCUT2D eigenvalue weighted by Crippen LogP contribution is -2.09. The molecule has 10 aromatic carbocycles. The van der Waals surface area contributed by atoms with Crippen LogP contribution in [0, 0.1) is 0 Å². The monoisotopic (exact) mass is 765 g/mol. The van der Waals surface area contributed by atoms with Crippen molar-refractivity contribution in [1.82, 2.24) is 0 Å². The molecule has 0 radical (unpaired) electrons. The minimum atomic E-state index is -1.48. The summed E-state index contributed by atoms with van der Waals surface area (Å²) in [6.45, 7) is 0. The maximum atomic E-state index is 9.88. The summed E-state index contributed by atoms with van der Waals surface area (Å²) < 4.78 is 353. The topological polar surface area (TPSA) is 3.24 Å². The average molecular weight is 765 g/mol. The molecule has 57 heavy (non-hydrogen) atoms. The molecule has 1 heteroatoms. The lowest BCUT2D eigenvalue weighted by molar-refractivity contribution is 1.28. The Morgan fingerprint density at radius 2 is 0.702 bits per heavy atom. The summed E-state index contributed by atoms with van der Waals surface area (Å²) in [5.74, 6) is 0. The lowest BCUT2D eigenvalue weighted by atomic mass is 9.89. The molecular weight excluding hydrogens is 687 g/mol. The summed E-state index contributed by atoms with van der Waals surface area (Å²) in [6.07, 6.45) is 0. The van der Waals surface area contributed by atoms with Crippen molar-refractivity contribution in [3.05, 3.63) is 236 Å². The Bertz CT molecular complexity index is 5140. The summed E-state index contributed by atoms with van der Waals surface area (Å²) in [5.41, 5.74) is -14.0. The van der Waals surface area contributed by atoms with Crippen LogP contribution in [0.3, 0.4) is 0 Å². The summed E-state index contributed by atoms with van der Waals surface area (Å²) in [5, 5.41) is -3.11. The first kappa shape index (κ1) is 12.3. The third-order valence-electron chi connectivity index (χ3n) is 8.19. The maximum Gasteiger partial charge on any atom is 0.0645 e. The molecule has 0 saturated carbocycles. The van der Waals surface area contributed by atoms with Crippen LogP contribution in [0.2, 0.25) is 0 Å². The van der Waals surface area contributed by atoms with Crippen molar-refractivity contribution in [2.75, 3.05) is 4.90 Å². The Labute approximate surface area is 389 Å². The van der Waals surface area contributed by atoms with Crippen LogP contribution in [0.4, 0.5) is 17.1 Å². The van der Waals surface area contributed by atoms with Crippen molar-refractivity contribution >= 4 is 38.6 Å². The van der Waals surface area contributed by atoms with Crippen molar-refractivity contribution in [2.24, 2.45) is 0 Å². The van der Waals surface area contributed by atoms with Gasteiger partial charge in [0, 0.05) is 17.1 Å². The van der Waals surface area contributed by atoms with Crippen LogP contribution in [0.15, 0.2) is 236 Å². The van der Waals surface area contributed by atoms with Crippen molar-refractivity contribution in [2.45, 2.75) is 0 Å². The van der Waals surface area contributed by atoms with E-state index in [9.17, 15) is 20.6 Å². The molecule has 0 atom stereocenters. The predicted octanol–water partition coefficient (Wildman–Crippen LogP) is 15.8. The lowest BCUT2D eigenvalue weighted by Gasteiger charge is -2.26. The number of benzene rings is 10. The maximum absolute atomic E-state index is 9.88. The number of nitrogens with zero attached hydrogens (tertiary/aromatic N) is 1. The van der Waals surface area contributed by atoms with Crippen LogP contribution in [-0.2, 0) is 0 Å². The second-order valence-corrected chi connectivity index (χ2v) is 11.5. The SMILES string of the molecule is [2H]c1c([2H])c([2H])c(-c2c([2H])c([2H])c(N(c3c([2H])c([2H])c(-c4c([2H])c([2H])c([2H])c(-c5c([2H])c([2H])c([2H])c6c([2H])c([2H])c([2H])c([2H])c56)c4[2H])c([2H])c3[2H])c3c([2H])c([2H])c(-c4c(-c5c([2H])c([2H])c([2H])c([2H])c5[2H])c([2H])c([2H])c5c([2H])c([2H])c([2H])c([2H])c45)c([2H])c3[2H])c([2H])c2[2H])c([2H])c1[2H]. The molecule has 10 aromatic rings. The van der Waals surface area contributed by atoms with Gasteiger partial charge in [-0.25, -0.2) is 0 Å². The van der Waals surface area contributed by atoms with Crippen LogP contribution in [0.1, 0.15) is 53.5 Å². The number of hydrogen-bond donors (Lipinski definition) is 0. The van der Waals surface area contributed by atoms with Gasteiger partial charge < -0.3 is 4.90 Å². The van der Waals surface area contributed by atoms with Crippen molar-refractivity contribution in [1.29, 1.82) is 0 Å². The van der Waals surface area contributed by atoms with Gasteiger partial charge in [0.1, 0.15) is 0 Å². The van der Waals surface area contributed by atoms with Gasteiger partial charge in [-0.05, 0) is 119 Å². The van der Waals surface area contributed by atoms with Gasteiger partial charge in [0.2, 0.25) is 0 Å². The Kier molecular flexibility index (Phi) is 3.22. The van der Waals surface area contributed by atoms with Crippen molar-refractivity contribution in [3.63, 3.8) is 0 Å². The van der Waals surface area contributed by atoms with Crippen LogP contribution in [-0.4, -0.2) is 0 Å². The molecule has 268 valence electrons. The van der Waals surface area contributed by atoms with E-state index < -0.39 is 330 Å². The number of hydrogen-bond acceptors (Lipinski definition) is 1. The minimum Gasteiger partial charge on any atom is -0.311 e. The molecule has 0 spiro atoms. The second-order valence-electron chi connectivity index (χ2n) is 11.5. The molecule has 10 rings (SSSR count). The van der Waals surface area contributed by atoms with Crippen LogP contribution >= 0.6 is 0 Å². The predicted molar refractivity (Wildman–Crippen MR) is 243 cm³/mol. The second kappa shape index (κ2) is 15.0. The van der Waals surface area contributed by atoms with E-state index in [0.717, 1.165) is 0 Å². The van der Waals surface area contributed by atoms with Gasteiger partial charge in [0.15, 0.2) is 0 Å². The quantitative estimate of drug-likeness (QED) is 0.149. The van der Waals surface area contributed by atoms with Gasteiger partial charge in [-0.15, -0.1) is 0 Å². The molecule has 0 aliphatic carbocycles. The number of rotatable bonds is 8. The largest absolute Gasteiger partial charge is 0.311 e. The Balaban J connectivity index is 1.39. The molecule has 0 aliphatic heterocycles. The Morgan fingerprint density at radius 1 is 0.263 bits per heavy atom. The average Bonchev–Trinajstić information content (AvgIpc) is 0.711. The van der Waals surface area contributed by atoms with E-state index in [1.165, 1.54) is 0 Å². The highest BCUT2D eigenvalue weighted by molar-refractivity contribution is 6.04. The fraction of sp³-hybridized carbons (Fsp3) is 0. The molecule has 0 aliphatic rings. The Morgan fingerprint density at radius 3 is 1.35 bits per heavy atom. The first-order valence-electron chi connectivity index (χ1n) is 35.9. The van der Waals surface area contributed by atoms with E-state index in [1.54, 1.807) is 0 Å². The highest BCUT2D eigenvalue weighted by Crippen LogP contribution is 2.42. The van der Waals surface area contributed by atoms with Gasteiger partial charge >= 0.3 is 0 Å². The minimum absolute atomic E-state index is 0.159.